The lowest BCUT2D eigenvalue weighted by Crippen LogP contribution is -2.27. The van der Waals surface area contributed by atoms with Gasteiger partial charge in [0.25, 0.3) is 0 Å². The summed E-state index contributed by atoms with van der Waals surface area (Å²) in [5.41, 5.74) is 1.23. The van der Waals surface area contributed by atoms with Crippen LogP contribution in [0.2, 0.25) is 0 Å². The number of pyridine rings is 1. The second kappa shape index (κ2) is 7.14. The first kappa shape index (κ1) is 15.4. The van der Waals surface area contributed by atoms with Crippen molar-refractivity contribution in [2.75, 3.05) is 11.9 Å². The summed E-state index contributed by atoms with van der Waals surface area (Å²) in [5, 5.41) is 23.6. The molecule has 0 radical (unpaired) electrons. The number of benzene rings is 1. The number of hydrogen-bond donors (Lipinski definition) is 2. The number of nitrogens with one attached hydrogen (secondary N) is 1. The molecule has 1 unspecified atom stereocenters. The normalized spacial score (nSPS) is 11.9. The van der Waals surface area contributed by atoms with Gasteiger partial charge in [-0.25, -0.2) is 0 Å². The summed E-state index contributed by atoms with van der Waals surface area (Å²) in [6.07, 6.45) is 3.22. The number of aliphatic hydroxyl groups is 1. The van der Waals surface area contributed by atoms with Gasteiger partial charge in [0.05, 0.1) is 22.0 Å². The zero-order chi connectivity index (χ0) is 15.2. The second-order valence-electron chi connectivity index (χ2n) is 4.49. The third-order valence-corrected chi connectivity index (χ3v) is 3.57. The van der Waals surface area contributed by atoms with Gasteiger partial charge in [-0.2, -0.15) is 0 Å². The summed E-state index contributed by atoms with van der Waals surface area (Å²) in [5.74, 6) is 0. The lowest BCUT2D eigenvalue weighted by Gasteiger charge is -2.18. The zero-order valence-electron chi connectivity index (χ0n) is 11.1. The standard InChI is InChI=1S/C14H14BrN3O3/c15-12-7-16-8-13(18(20)21)14(12)17-11(9-19)6-10-4-2-1-3-5-10/h1-5,7-8,11,19H,6,9H2,(H,16,17). The fourth-order valence-corrected chi connectivity index (χ4v) is 2.41. The minimum Gasteiger partial charge on any atom is -0.394 e. The van der Waals surface area contributed by atoms with Gasteiger partial charge in [-0.3, -0.25) is 15.1 Å². The van der Waals surface area contributed by atoms with Crippen LogP contribution in [0.25, 0.3) is 0 Å². The van der Waals surface area contributed by atoms with Gasteiger partial charge < -0.3 is 10.4 Å². The smallest absolute Gasteiger partial charge is 0.311 e. The van der Waals surface area contributed by atoms with Gasteiger partial charge in [-0.15, -0.1) is 0 Å². The number of halogens is 1. The molecule has 6 nitrogen and oxygen atoms in total. The van der Waals surface area contributed by atoms with Crippen LogP contribution >= 0.6 is 15.9 Å². The molecule has 0 saturated heterocycles. The molecule has 0 fully saturated rings. The SMILES string of the molecule is O=[N+]([O-])c1cncc(Br)c1NC(CO)Cc1ccccc1. The van der Waals surface area contributed by atoms with Crippen LogP contribution in [0.4, 0.5) is 11.4 Å². The van der Waals surface area contributed by atoms with Gasteiger partial charge in [0.15, 0.2) is 0 Å². The molecule has 21 heavy (non-hydrogen) atoms. The summed E-state index contributed by atoms with van der Waals surface area (Å²) in [7, 11) is 0. The highest BCUT2D eigenvalue weighted by atomic mass is 79.9. The number of nitro groups is 1. The van der Waals surface area contributed by atoms with Crippen molar-refractivity contribution < 1.29 is 10.0 Å². The summed E-state index contributed by atoms with van der Waals surface area (Å²) in [6, 6.07) is 9.30. The van der Waals surface area contributed by atoms with Gasteiger partial charge in [0.2, 0.25) is 0 Å². The molecule has 0 bridgehead atoms. The van der Waals surface area contributed by atoms with Crippen molar-refractivity contribution >= 4 is 27.3 Å². The van der Waals surface area contributed by atoms with Gasteiger partial charge in [-0.1, -0.05) is 30.3 Å². The Morgan fingerprint density at radius 1 is 1.33 bits per heavy atom. The molecule has 110 valence electrons. The van der Waals surface area contributed by atoms with Crippen LogP contribution in [0.5, 0.6) is 0 Å². The Balaban J connectivity index is 2.21. The molecule has 1 aromatic carbocycles. The number of rotatable bonds is 6. The highest BCUT2D eigenvalue weighted by Crippen LogP contribution is 2.31. The van der Waals surface area contributed by atoms with E-state index in [0.29, 0.717) is 16.6 Å². The maximum atomic E-state index is 11.0. The quantitative estimate of drug-likeness (QED) is 0.617. The Hall–Kier alpha value is -1.99. The van der Waals surface area contributed by atoms with Crippen molar-refractivity contribution in [3.63, 3.8) is 0 Å². The molecule has 0 spiro atoms. The summed E-state index contributed by atoms with van der Waals surface area (Å²) in [6.45, 7) is -0.138. The molecule has 7 heteroatoms. The van der Waals surface area contributed by atoms with Gasteiger partial charge in [0, 0.05) is 6.20 Å². The van der Waals surface area contributed by atoms with E-state index < -0.39 is 4.92 Å². The number of anilines is 1. The van der Waals surface area contributed by atoms with Crippen molar-refractivity contribution in [1.29, 1.82) is 0 Å². The highest BCUT2D eigenvalue weighted by molar-refractivity contribution is 9.10. The number of aromatic nitrogens is 1. The van der Waals surface area contributed by atoms with Crippen LogP contribution in [0.15, 0.2) is 47.2 Å². The molecule has 0 aliphatic heterocycles. The third-order valence-electron chi connectivity index (χ3n) is 2.97. The molecule has 0 saturated carbocycles. The lowest BCUT2D eigenvalue weighted by molar-refractivity contribution is -0.384. The fraction of sp³-hybridized carbons (Fsp3) is 0.214. The van der Waals surface area contributed by atoms with E-state index in [1.165, 1.54) is 12.4 Å². The van der Waals surface area contributed by atoms with E-state index in [0.717, 1.165) is 5.56 Å². The van der Waals surface area contributed by atoms with E-state index in [-0.39, 0.29) is 18.3 Å². The average molecular weight is 352 g/mol. The van der Waals surface area contributed by atoms with Crippen molar-refractivity contribution in [1.82, 2.24) is 4.98 Å². The number of hydrogen-bond acceptors (Lipinski definition) is 5. The molecule has 2 rings (SSSR count). The first-order valence-corrected chi connectivity index (χ1v) is 7.10. The molecule has 1 aromatic heterocycles. The van der Waals surface area contributed by atoms with E-state index >= 15 is 0 Å². The van der Waals surface area contributed by atoms with Crippen molar-refractivity contribution in [2.24, 2.45) is 0 Å². The van der Waals surface area contributed by atoms with E-state index in [4.69, 9.17) is 0 Å². The van der Waals surface area contributed by atoms with Gasteiger partial charge >= 0.3 is 5.69 Å². The molecule has 1 heterocycles. The zero-order valence-corrected chi connectivity index (χ0v) is 12.7. The molecule has 2 aromatic rings. The topological polar surface area (TPSA) is 88.3 Å². The fourth-order valence-electron chi connectivity index (χ4n) is 1.97. The van der Waals surface area contributed by atoms with Crippen LogP contribution in [-0.4, -0.2) is 27.7 Å². The molecule has 0 aliphatic carbocycles. The average Bonchev–Trinajstić information content (AvgIpc) is 2.49. The predicted octanol–water partition coefficient (Wildman–Crippen LogP) is 2.77. The molecule has 2 N–H and O–H groups in total. The Morgan fingerprint density at radius 3 is 2.67 bits per heavy atom. The minimum absolute atomic E-state index is 0.129. The first-order valence-electron chi connectivity index (χ1n) is 6.31. The Labute approximate surface area is 130 Å². The van der Waals surface area contributed by atoms with Crippen molar-refractivity contribution in [3.05, 3.63) is 62.9 Å². The van der Waals surface area contributed by atoms with E-state index in [1.807, 2.05) is 30.3 Å². The number of nitrogens with zero attached hydrogens (tertiary/aromatic N) is 2. The Morgan fingerprint density at radius 2 is 2.05 bits per heavy atom. The maximum Gasteiger partial charge on any atom is 0.311 e. The summed E-state index contributed by atoms with van der Waals surface area (Å²) < 4.78 is 0.489. The second-order valence-corrected chi connectivity index (χ2v) is 5.34. The summed E-state index contributed by atoms with van der Waals surface area (Å²) >= 11 is 3.25. The first-order chi connectivity index (χ1) is 10.1. The highest BCUT2D eigenvalue weighted by Gasteiger charge is 2.20. The molecule has 1 atom stereocenters. The van der Waals surface area contributed by atoms with Crippen LogP contribution in [-0.2, 0) is 6.42 Å². The van der Waals surface area contributed by atoms with Crippen LogP contribution in [0.1, 0.15) is 5.56 Å². The molecule has 0 aliphatic rings. The van der Waals surface area contributed by atoms with Gasteiger partial charge in [0.1, 0.15) is 11.9 Å². The predicted molar refractivity (Wildman–Crippen MR) is 83.2 cm³/mol. The van der Waals surface area contributed by atoms with Crippen LogP contribution < -0.4 is 5.32 Å². The van der Waals surface area contributed by atoms with E-state index in [9.17, 15) is 15.2 Å². The third kappa shape index (κ3) is 3.99. The lowest BCUT2D eigenvalue weighted by atomic mass is 10.1. The van der Waals surface area contributed by atoms with E-state index in [1.54, 1.807) is 0 Å². The van der Waals surface area contributed by atoms with Crippen LogP contribution in [0, 0.1) is 10.1 Å². The maximum absolute atomic E-state index is 11.0. The molecular weight excluding hydrogens is 338 g/mol. The van der Waals surface area contributed by atoms with Crippen LogP contribution in [0.3, 0.4) is 0 Å². The van der Waals surface area contributed by atoms with E-state index in [2.05, 4.69) is 26.2 Å². The molecular formula is C14H14BrN3O3. The summed E-state index contributed by atoms with van der Waals surface area (Å²) in [4.78, 5) is 14.3. The molecule has 0 amide bonds. The monoisotopic (exact) mass is 351 g/mol. The minimum atomic E-state index is -0.503. The van der Waals surface area contributed by atoms with Gasteiger partial charge in [-0.05, 0) is 27.9 Å². The Bertz CT molecular complexity index is 622. The van der Waals surface area contributed by atoms with Crippen molar-refractivity contribution in [3.8, 4) is 0 Å². The van der Waals surface area contributed by atoms with Crippen molar-refractivity contribution in [2.45, 2.75) is 12.5 Å². The Kier molecular flexibility index (Phi) is 5.24. The number of aliphatic hydroxyl groups excluding tert-OH is 1. The largest absolute Gasteiger partial charge is 0.394 e.